The number of nitrogens with one attached hydrogen (secondary N) is 2. The van der Waals surface area contributed by atoms with Gasteiger partial charge in [-0.2, -0.15) is 0 Å². The number of carbonyl (C=O) groups is 2. The third kappa shape index (κ3) is 4.34. The molecule has 0 radical (unpaired) electrons. The van der Waals surface area contributed by atoms with Crippen molar-refractivity contribution in [3.05, 3.63) is 59.7 Å². The Labute approximate surface area is 151 Å². The average molecular weight is 350 g/mol. The van der Waals surface area contributed by atoms with Crippen molar-refractivity contribution >= 4 is 28.7 Å². The number of nitrogens with zero attached hydrogens (tertiary/aromatic N) is 1. The summed E-state index contributed by atoms with van der Waals surface area (Å²) in [7, 11) is 0. The number of benzene rings is 2. The fraction of sp³-hybridized carbons (Fsp3) is 0.250. The van der Waals surface area contributed by atoms with Crippen molar-refractivity contribution in [1.82, 2.24) is 9.97 Å². The summed E-state index contributed by atoms with van der Waals surface area (Å²) >= 11 is 0. The number of unbranched alkanes of at least 4 members (excludes halogenated alkanes) is 2. The minimum atomic E-state index is -0.0818. The Balaban J connectivity index is 1.69. The van der Waals surface area contributed by atoms with Gasteiger partial charge in [0.2, 0.25) is 11.9 Å². The van der Waals surface area contributed by atoms with Crippen LogP contribution in [-0.2, 0) is 4.79 Å². The van der Waals surface area contributed by atoms with E-state index in [2.05, 4.69) is 15.3 Å². The molecule has 1 amide bonds. The molecular formula is C20H22N4O2. The van der Waals surface area contributed by atoms with Crippen LogP contribution in [0.5, 0.6) is 0 Å². The molecule has 0 saturated heterocycles. The second-order valence-electron chi connectivity index (χ2n) is 6.16. The normalized spacial score (nSPS) is 10.8. The second-order valence-corrected chi connectivity index (χ2v) is 6.16. The van der Waals surface area contributed by atoms with E-state index in [1.807, 2.05) is 18.2 Å². The summed E-state index contributed by atoms with van der Waals surface area (Å²) in [6.45, 7) is 0.648. The lowest BCUT2D eigenvalue weighted by molar-refractivity contribution is -0.116. The largest absolute Gasteiger partial charge is 0.330 e. The molecule has 0 saturated carbocycles. The van der Waals surface area contributed by atoms with Gasteiger partial charge in [-0.25, -0.2) is 4.98 Å². The number of amides is 1. The molecule has 3 rings (SSSR count). The van der Waals surface area contributed by atoms with Gasteiger partial charge in [-0.05, 0) is 37.6 Å². The summed E-state index contributed by atoms with van der Waals surface area (Å²) in [6, 6.07) is 14.4. The van der Waals surface area contributed by atoms with E-state index in [1.54, 1.807) is 30.3 Å². The first kappa shape index (κ1) is 17.8. The van der Waals surface area contributed by atoms with Crippen LogP contribution in [0.1, 0.15) is 41.6 Å². The number of nitrogens with two attached hydrogens (primary N) is 1. The Bertz CT molecular complexity index is 903. The molecule has 4 N–H and O–H groups in total. The van der Waals surface area contributed by atoms with Gasteiger partial charge in [-0.3, -0.25) is 14.9 Å². The van der Waals surface area contributed by atoms with Gasteiger partial charge in [0.25, 0.3) is 0 Å². The predicted octanol–water partition coefficient (Wildman–Crippen LogP) is 3.25. The molecule has 0 atom stereocenters. The molecule has 134 valence electrons. The summed E-state index contributed by atoms with van der Waals surface area (Å²) in [6.07, 6.45) is 3.11. The smallest absolute Gasteiger partial charge is 0.226 e. The third-order valence-electron chi connectivity index (χ3n) is 4.15. The molecule has 1 aromatic heterocycles. The Kier molecular flexibility index (Phi) is 5.76. The first-order chi connectivity index (χ1) is 12.7. The monoisotopic (exact) mass is 350 g/mol. The molecule has 0 spiro atoms. The van der Waals surface area contributed by atoms with Gasteiger partial charge in [0.1, 0.15) is 0 Å². The fourth-order valence-electron chi connectivity index (χ4n) is 2.77. The quantitative estimate of drug-likeness (QED) is 0.429. The van der Waals surface area contributed by atoms with E-state index in [1.165, 1.54) is 0 Å². The molecule has 1 heterocycles. The van der Waals surface area contributed by atoms with E-state index >= 15 is 0 Å². The van der Waals surface area contributed by atoms with Gasteiger partial charge in [0.05, 0.1) is 11.0 Å². The average Bonchev–Trinajstić information content (AvgIpc) is 3.06. The Morgan fingerprint density at radius 3 is 2.58 bits per heavy atom. The number of H-pyrrole nitrogens is 1. The minimum absolute atomic E-state index is 0.0485. The SMILES string of the molecule is NCCCCCC(=O)Nc1nc2ccc(C(=O)c3ccccc3)cc2[nH]1. The number of aromatic nitrogens is 2. The number of ketones is 1. The number of hydrogen-bond donors (Lipinski definition) is 3. The number of hydrogen-bond acceptors (Lipinski definition) is 4. The van der Waals surface area contributed by atoms with Crippen LogP contribution in [0.15, 0.2) is 48.5 Å². The molecule has 3 aromatic rings. The summed E-state index contributed by atoms with van der Waals surface area (Å²) < 4.78 is 0. The van der Waals surface area contributed by atoms with Gasteiger partial charge in [-0.1, -0.05) is 36.8 Å². The van der Waals surface area contributed by atoms with E-state index in [4.69, 9.17) is 5.73 Å². The molecule has 26 heavy (non-hydrogen) atoms. The van der Waals surface area contributed by atoms with Crippen molar-refractivity contribution in [1.29, 1.82) is 0 Å². The number of imidazole rings is 1. The van der Waals surface area contributed by atoms with E-state index in [0.29, 0.717) is 41.1 Å². The van der Waals surface area contributed by atoms with Gasteiger partial charge in [0.15, 0.2) is 5.78 Å². The molecular weight excluding hydrogens is 328 g/mol. The minimum Gasteiger partial charge on any atom is -0.330 e. The van der Waals surface area contributed by atoms with Gasteiger partial charge < -0.3 is 10.7 Å². The summed E-state index contributed by atoms with van der Waals surface area (Å²) in [4.78, 5) is 31.9. The van der Waals surface area contributed by atoms with E-state index in [9.17, 15) is 9.59 Å². The summed E-state index contributed by atoms with van der Waals surface area (Å²) in [5.74, 6) is 0.266. The van der Waals surface area contributed by atoms with Crippen molar-refractivity contribution in [2.75, 3.05) is 11.9 Å². The van der Waals surface area contributed by atoms with Crippen molar-refractivity contribution in [3.63, 3.8) is 0 Å². The lowest BCUT2D eigenvalue weighted by atomic mass is 10.0. The van der Waals surface area contributed by atoms with Crippen LogP contribution in [0, 0.1) is 0 Å². The molecule has 0 aliphatic heterocycles. The molecule has 2 aromatic carbocycles. The molecule has 0 bridgehead atoms. The molecule has 6 heteroatoms. The highest BCUT2D eigenvalue weighted by Crippen LogP contribution is 2.19. The Morgan fingerprint density at radius 1 is 1.00 bits per heavy atom. The van der Waals surface area contributed by atoms with Crippen LogP contribution in [0.3, 0.4) is 0 Å². The molecule has 0 fully saturated rings. The van der Waals surface area contributed by atoms with E-state index in [-0.39, 0.29) is 11.7 Å². The highest BCUT2D eigenvalue weighted by atomic mass is 16.1. The maximum absolute atomic E-state index is 12.5. The Morgan fingerprint density at radius 2 is 1.81 bits per heavy atom. The van der Waals surface area contributed by atoms with Crippen molar-refractivity contribution in [2.45, 2.75) is 25.7 Å². The number of aromatic amines is 1. The van der Waals surface area contributed by atoms with E-state index < -0.39 is 0 Å². The van der Waals surface area contributed by atoms with E-state index in [0.717, 1.165) is 19.3 Å². The number of anilines is 1. The highest BCUT2D eigenvalue weighted by Gasteiger charge is 2.12. The summed E-state index contributed by atoms with van der Waals surface area (Å²) in [5.41, 5.74) is 8.07. The Hall–Kier alpha value is -2.99. The first-order valence-corrected chi connectivity index (χ1v) is 8.77. The van der Waals surface area contributed by atoms with Crippen molar-refractivity contribution in [2.24, 2.45) is 5.73 Å². The molecule has 0 aliphatic rings. The zero-order valence-electron chi connectivity index (χ0n) is 14.5. The van der Waals surface area contributed by atoms with Crippen molar-refractivity contribution in [3.8, 4) is 0 Å². The van der Waals surface area contributed by atoms with Gasteiger partial charge in [-0.15, -0.1) is 0 Å². The van der Waals surface area contributed by atoms with Crippen molar-refractivity contribution < 1.29 is 9.59 Å². The number of carbonyl (C=O) groups excluding carboxylic acids is 2. The second kappa shape index (κ2) is 8.40. The standard InChI is InChI=1S/C20H22N4O2/c21-12-6-2-5-9-18(25)24-20-22-16-11-10-15(13-17(16)23-20)19(26)14-7-3-1-4-8-14/h1,3-4,7-8,10-11,13H,2,5-6,9,12,21H2,(H2,22,23,24,25). The van der Waals surface area contributed by atoms with Crippen LogP contribution < -0.4 is 11.1 Å². The number of rotatable bonds is 8. The molecule has 0 aliphatic carbocycles. The molecule has 0 unspecified atom stereocenters. The third-order valence-corrected chi connectivity index (χ3v) is 4.15. The lowest BCUT2D eigenvalue weighted by Gasteiger charge is -2.01. The maximum atomic E-state index is 12.5. The molecule has 6 nitrogen and oxygen atoms in total. The van der Waals surface area contributed by atoms with Crippen LogP contribution in [0.25, 0.3) is 11.0 Å². The lowest BCUT2D eigenvalue weighted by Crippen LogP contribution is -2.12. The zero-order valence-corrected chi connectivity index (χ0v) is 14.5. The van der Waals surface area contributed by atoms with Gasteiger partial charge in [0, 0.05) is 17.5 Å². The van der Waals surface area contributed by atoms with Crippen LogP contribution in [0.4, 0.5) is 5.95 Å². The van der Waals surface area contributed by atoms with Gasteiger partial charge >= 0.3 is 0 Å². The topological polar surface area (TPSA) is 101 Å². The maximum Gasteiger partial charge on any atom is 0.226 e. The highest BCUT2D eigenvalue weighted by molar-refractivity contribution is 6.10. The van der Waals surface area contributed by atoms with Crippen LogP contribution in [0.2, 0.25) is 0 Å². The zero-order chi connectivity index (χ0) is 18.4. The predicted molar refractivity (Wildman–Crippen MR) is 102 cm³/mol. The number of fused-ring (bicyclic) bond motifs is 1. The van der Waals surface area contributed by atoms with Crippen LogP contribution in [-0.4, -0.2) is 28.2 Å². The first-order valence-electron chi connectivity index (χ1n) is 8.77. The van der Waals surface area contributed by atoms with Crippen LogP contribution >= 0.6 is 0 Å². The fourth-order valence-corrected chi connectivity index (χ4v) is 2.77. The summed E-state index contributed by atoms with van der Waals surface area (Å²) in [5, 5.41) is 2.77.